The van der Waals surface area contributed by atoms with Crippen LogP contribution in [0.3, 0.4) is 0 Å². The molecule has 1 saturated heterocycles. The monoisotopic (exact) mass is 582 g/mol. The minimum absolute atomic E-state index is 0.229. The molecule has 0 unspecified atom stereocenters. The molecule has 0 atom stereocenters. The van der Waals surface area contributed by atoms with E-state index in [9.17, 15) is 9.18 Å². The van der Waals surface area contributed by atoms with Crippen molar-refractivity contribution in [2.45, 2.75) is 55.6 Å². The fraction of sp³-hybridized carbons (Fsp3) is 0.406. The SMILES string of the molecule is CCOc1cc(-c2ccc(F)cc2)c(C2CC2)cc1CN1CCC(CN(C)c2ccc(SCl)cc2)(OC=O)CC1. The van der Waals surface area contributed by atoms with Gasteiger partial charge in [-0.25, -0.2) is 4.39 Å². The van der Waals surface area contributed by atoms with Gasteiger partial charge in [-0.1, -0.05) is 12.1 Å². The molecule has 40 heavy (non-hydrogen) atoms. The molecule has 212 valence electrons. The van der Waals surface area contributed by atoms with Crippen molar-refractivity contribution in [3.8, 4) is 16.9 Å². The molecule has 0 bridgehead atoms. The van der Waals surface area contributed by atoms with E-state index in [1.54, 1.807) is 0 Å². The van der Waals surface area contributed by atoms with E-state index in [-0.39, 0.29) is 5.82 Å². The molecule has 3 aromatic rings. The van der Waals surface area contributed by atoms with Crippen molar-refractivity contribution in [2.24, 2.45) is 0 Å². The van der Waals surface area contributed by atoms with Crippen molar-refractivity contribution in [3.63, 3.8) is 0 Å². The van der Waals surface area contributed by atoms with Gasteiger partial charge in [0.15, 0.2) is 0 Å². The van der Waals surface area contributed by atoms with Crippen LogP contribution in [0.1, 0.15) is 49.7 Å². The number of hydrogen-bond donors (Lipinski definition) is 0. The Morgan fingerprint density at radius 1 is 1.10 bits per heavy atom. The Balaban J connectivity index is 1.31. The Morgan fingerprint density at radius 3 is 2.40 bits per heavy atom. The van der Waals surface area contributed by atoms with Crippen LogP contribution < -0.4 is 9.64 Å². The van der Waals surface area contributed by atoms with E-state index in [1.165, 1.54) is 47.1 Å². The maximum atomic E-state index is 13.6. The summed E-state index contributed by atoms with van der Waals surface area (Å²) in [5, 5.41) is 0. The first-order valence-corrected chi connectivity index (χ1v) is 15.6. The minimum Gasteiger partial charge on any atom is -0.494 e. The molecule has 1 saturated carbocycles. The third-order valence-electron chi connectivity index (χ3n) is 8.06. The number of anilines is 1. The van der Waals surface area contributed by atoms with Crippen LogP contribution in [0.5, 0.6) is 5.75 Å². The average Bonchev–Trinajstić information content (AvgIpc) is 3.81. The van der Waals surface area contributed by atoms with E-state index in [2.05, 4.69) is 21.9 Å². The number of likely N-dealkylation sites (N-methyl/N-ethyl adjacent to an activating group) is 1. The van der Waals surface area contributed by atoms with E-state index in [0.717, 1.165) is 59.9 Å². The summed E-state index contributed by atoms with van der Waals surface area (Å²) in [6, 6.07) is 19.3. The van der Waals surface area contributed by atoms with E-state index < -0.39 is 5.60 Å². The number of carbonyl (C=O) groups excluding carboxylic acids is 1. The summed E-state index contributed by atoms with van der Waals surface area (Å²) in [6.07, 6.45) is 3.85. The molecule has 1 aliphatic heterocycles. The van der Waals surface area contributed by atoms with Gasteiger partial charge in [0.05, 0.1) is 13.2 Å². The Labute approximate surface area is 245 Å². The van der Waals surface area contributed by atoms with E-state index in [1.807, 2.05) is 50.4 Å². The number of piperidine rings is 1. The maximum absolute atomic E-state index is 13.6. The zero-order valence-corrected chi connectivity index (χ0v) is 24.6. The number of benzene rings is 3. The summed E-state index contributed by atoms with van der Waals surface area (Å²) in [6.45, 7) is 6.19. The molecule has 5 rings (SSSR count). The molecule has 0 amide bonds. The highest BCUT2D eigenvalue weighted by atomic mass is 35.7. The Hall–Kier alpha value is -2.74. The minimum atomic E-state index is -0.540. The van der Waals surface area contributed by atoms with Crippen LogP contribution in [0.2, 0.25) is 0 Å². The van der Waals surface area contributed by atoms with Crippen LogP contribution in [-0.4, -0.2) is 50.3 Å². The fourth-order valence-corrected chi connectivity index (χ4v) is 6.27. The Kier molecular flexibility index (Phi) is 9.24. The van der Waals surface area contributed by atoms with Crippen LogP contribution in [0.15, 0.2) is 65.6 Å². The standard InChI is InChI=1S/C32H36ClFN2O3S/c1-3-38-31-19-30(24-6-8-26(34)9-7-24)29(23-4-5-23)18-25(31)20-36-16-14-32(15-17-36,39-22-37)21-35(2)27-10-12-28(40-33)13-11-27/h6-13,18-19,22-23H,3-5,14-17,20-21H2,1-2H3. The molecule has 2 fully saturated rings. The first-order valence-electron chi connectivity index (χ1n) is 13.9. The fourth-order valence-electron chi connectivity index (χ4n) is 5.72. The lowest BCUT2D eigenvalue weighted by atomic mass is 9.89. The van der Waals surface area contributed by atoms with E-state index in [4.69, 9.17) is 20.2 Å². The highest BCUT2D eigenvalue weighted by Crippen LogP contribution is 2.47. The molecule has 5 nitrogen and oxygen atoms in total. The summed E-state index contributed by atoms with van der Waals surface area (Å²) in [5.74, 6) is 1.19. The summed E-state index contributed by atoms with van der Waals surface area (Å²) in [7, 11) is 9.09. The average molecular weight is 583 g/mol. The third-order valence-corrected chi connectivity index (χ3v) is 9.04. The highest BCUT2D eigenvalue weighted by Gasteiger charge is 2.38. The number of likely N-dealkylation sites (tertiary alicyclic amines) is 1. The zero-order chi connectivity index (χ0) is 28.1. The smallest absolute Gasteiger partial charge is 0.293 e. The second-order valence-electron chi connectivity index (χ2n) is 10.9. The summed E-state index contributed by atoms with van der Waals surface area (Å²) < 4.78 is 25.5. The van der Waals surface area contributed by atoms with Gasteiger partial charge in [-0.15, -0.1) is 0 Å². The predicted octanol–water partition coefficient (Wildman–Crippen LogP) is 7.66. The summed E-state index contributed by atoms with van der Waals surface area (Å²) in [4.78, 5) is 17.1. The maximum Gasteiger partial charge on any atom is 0.293 e. The summed E-state index contributed by atoms with van der Waals surface area (Å²) >= 11 is 0. The van der Waals surface area contributed by atoms with Crippen molar-refractivity contribution >= 4 is 33.8 Å². The predicted molar refractivity (Wildman–Crippen MR) is 161 cm³/mol. The molecule has 0 spiro atoms. The number of carbonyl (C=O) groups is 1. The molecular formula is C32H36ClFN2O3S. The first kappa shape index (κ1) is 28.8. The van der Waals surface area contributed by atoms with Gasteiger partial charge in [0, 0.05) is 55.7 Å². The molecule has 0 radical (unpaired) electrons. The number of halogens is 2. The number of rotatable bonds is 12. The van der Waals surface area contributed by atoms with Gasteiger partial charge in [-0.3, -0.25) is 9.69 Å². The van der Waals surface area contributed by atoms with Gasteiger partial charge < -0.3 is 14.4 Å². The lowest BCUT2D eigenvalue weighted by Crippen LogP contribution is -2.51. The van der Waals surface area contributed by atoms with Crippen LogP contribution in [-0.2, 0) is 16.1 Å². The molecule has 2 aliphatic rings. The van der Waals surface area contributed by atoms with Gasteiger partial charge in [0.25, 0.3) is 6.47 Å². The Morgan fingerprint density at radius 2 is 1.80 bits per heavy atom. The number of hydrogen-bond acceptors (Lipinski definition) is 6. The molecule has 1 heterocycles. The van der Waals surface area contributed by atoms with Crippen molar-refractivity contribution in [2.75, 3.05) is 38.2 Å². The van der Waals surface area contributed by atoms with E-state index in [0.29, 0.717) is 25.5 Å². The second-order valence-corrected chi connectivity index (χ2v) is 12.0. The second kappa shape index (κ2) is 12.8. The molecule has 0 aromatic heterocycles. The van der Waals surface area contributed by atoms with Gasteiger partial charge in [-0.2, -0.15) is 0 Å². The zero-order valence-electron chi connectivity index (χ0n) is 23.1. The molecule has 1 aliphatic carbocycles. The van der Waals surface area contributed by atoms with Crippen molar-refractivity contribution in [3.05, 3.63) is 77.6 Å². The lowest BCUT2D eigenvalue weighted by molar-refractivity contribution is -0.147. The van der Waals surface area contributed by atoms with Gasteiger partial charge in [0.1, 0.15) is 17.2 Å². The van der Waals surface area contributed by atoms with Gasteiger partial charge in [-0.05, 0) is 113 Å². The van der Waals surface area contributed by atoms with Crippen LogP contribution >= 0.6 is 21.7 Å². The topological polar surface area (TPSA) is 42.0 Å². The largest absolute Gasteiger partial charge is 0.494 e. The molecular weight excluding hydrogens is 547 g/mol. The van der Waals surface area contributed by atoms with Crippen molar-refractivity contribution < 1.29 is 18.7 Å². The highest BCUT2D eigenvalue weighted by molar-refractivity contribution is 8.21. The third kappa shape index (κ3) is 6.76. The first-order chi connectivity index (χ1) is 19.4. The number of ether oxygens (including phenoxy) is 2. The quantitative estimate of drug-likeness (QED) is 0.204. The summed E-state index contributed by atoms with van der Waals surface area (Å²) in [5.41, 5.74) is 5.16. The van der Waals surface area contributed by atoms with E-state index >= 15 is 0 Å². The van der Waals surface area contributed by atoms with Gasteiger partial charge in [0.2, 0.25) is 0 Å². The Bertz CT molecular complexity index is 1290. The van der Waals surface area contributed by atoms with Gasteiger partial charge >= 0.3 is 0 Å². The lowest BCUT2D eigenvalue weighted by Gasteiger charge is -2.42. The van der Waals surface area contributed by atoms with Crippen molar-refractivity contribution in [1.82, 2.24) is 4.90 Å². The molecule has 3 aromatic carbocycles. The normalized spacial score (nSPS) is 16.9. The van der Waals surface area contributed by atoms with Crippen LogP contribution in [0, 0.1) is 5.82 Å². The number of nitrogens with zero attached hydrogens (tertiary/aromatic N) is 2. The van der Waals surface area contributed by atoms with Crippen molar-refractivity contribution in [1.29, 1.82) is 0 Å². The molecule has 0 N–H and O–H groups in total. The van der Waals surface area contributed by atoms with Crippen LogP contribution in [0.25, 0.3) is 11.1 Å². The van der Waals surface area contributed by atoms with Crippen LogP contribution in [0.4, 0.5) is 10.1 Å². The molecule has 8 heteroatoms.